The van der Waals surface area contributed by atoms with E-state index in [4.69, 9.17) is 0 Å². The molecule has 13 heavy (non-hydrogen) atoms. The molecule has 0 heteroatoms. The quantitative estimate of drug-likeness (QED) is 0.525. The Labute approximate surface area is 83.7 Å². The fourth-order valence-electron chi connectivity index (χ4n) is 1.74. The Bertz CT molecular complexity index is 161. The van der Waals surface area contributed by atoms with E-state index in [1.54, 1.807) is 0 Å². The van der Waals surface area contributed by atoms with Crippen LogP contribution in [0.5, 0.6) is 0 Å². The summed E-state index contributed by atoms with van der Waals surface area (Å²) in [5.74, 6) is 1.69. The summed E-state index contributed by atoms with van der Waals surface area (Å²) in [4.78, 5) is 0. The largest absolute Gasteiger partial charge is 0.0988 e. The molecule has 76 valence electrons. The van der Waals surface area contributed by atoms with Gasteiger partial charge >= 0.3 is 0 Å². The van der Waals surface area contributed by atoms with Crippen molar-refractivity contribution in [3.63, 3.8) is 0 Å². The number of rotatable bonds is 6. The van der Waals surface area contributed by atoms with Crippen LogP contribution in [0.4, 0.5) is 0 Å². The number of hydrogen-bond acceptors (Lipinski definition) is 0. The van der Waals surface area contributed by atoms with Crippen molar-refractivity contribution in [2.75, 3.05) is 0 Å². The minimum atomic E-state index is 0.810. The zero-order chi connectivity index (χ0) is 10.3. The van der Waals surface area contributed by atoms with Gasteiger partial charge in [0, 0.05) is 0 Å². The van der Waals surface area contributed by atoms with Crippen molar-refractivity contribution in [1.82, 2.24) is 0 Å². The zero-order valence-corrected chi connectivity index (χ0v) is 9.64. The zero-order valence-electron chi connectivity index (χ0n) is 9.64. The van der Waals surface area contributed by atoms with Crippen LogP contribution in [0.15, 0.2) is 24.3 Å². The van der Waals surface area contributed by atoms with E-state index in [2.05, 4.69) is 40.3 Å². The van der Waals surface area contributed by atoms with Gasteiger partial charge in [-0.05, 0) is 25.2 Å². The van der Waals surface area contributed by atoms with Gasteiger partial charge in [-0.1, -0.05) is 57.9 Å². The lowest BCUT2D eigenvalue weighted by Crippen LogP contribution is -2.08. The molecule has 0 radical (unpaired) electrons. The summed E-state index contributed by atoms with van der Waals surface area (Å²) >= 11 is 0. The van der Waals surface area contributed by atoms with Gasteiger partial charge in [0.25, 0.3) is 0 Å². The second kappa shape index (κ2) is 6.94. The Balaban J connectivity index is 3.97. The minimum Gasteiger partial charge on any atom is -0.0988 e. The molecule has 0 aromatic heterocycles. The van der Waals surface area contributed by atoms with Crippen LogP contribution in [0.3, 0.4) is 0 Å². The molecule has 0 aliphatic rings. The Hall–Kier alpha value is -0.520. The molecule has 0 nitrogen and oxygen atoms in total. The summed E-state index contributed by atoms with van der Waals surface area (Å²) in [5.41, 5.74) is 1.30. The van der Waals surface area contributed by atoms with Gasteiger partial charge in [0.05, 0.1) is 0 Å². The SMILES string of the molecule is C=CC(C)=CCC(C)C(CC)CC. The van der Waals surface area contributed by atoms with Crippen LogP contribution in [0.2, 0.25) is 0 Å². The predicted molar refractivity (Wildman–Crippen MR) is 61.8 cm³/mol. The van der Waals surface area contributed by atoms with Gasteiger partial charge in [-0.15, -0.1) is 0 Å². The lowest BCUT2D eigenvalue weighted by molar-refractivity contribution is 0.339. The van der Waals surface area contributed by atoms with E-state index in [1.807, 2.05) is 6.08 Å². The molecule has 0 rings (SSSR count). The molecule has 0 aliphatic carbocycles. The number of allylic oxidation sites excluding steroid dienone is 3. The van der Waals surface area contributed by atoms with Crippen LogP contribution in [0.25, 0.3) is 0 Å². The highest BCUT2D eigenvalue weighted by Gasteiger charge is 2.11. The molecular weight excluding hydrogens is 156 g/mol. The Morgan fingerprint density at radius 1 is 1.31 bits per heavy atom. The molecule has 0 aromatic carbocycles. The van der Waals surface area contributed by atoms with Crippen molar-refractivity contribution in [3.05, 3.63) is 24.3 Å². The highest BCUT2D eigenvalue weighted by atomic mass is 14.2. The Morgan fingerprint density at radius 3 is 2.23 bits per heavy atom. The fourth-order valence-corrected chi connectivity index (χ4v) is 1.74. The van der Waals surface area contributed by atoms with Crippen LogP contribution >= 0.6 is 0 Å². The van der Waals surface area contributed by atoms with E-state index in [9.17, 15) is 0 Å². The van der Waals surface area contributed by atoms with E-state index in [0.717, 1.165) is 11.8 Å². The third kappa shape index (κ3) is 4.92. The molecule has 0 saturated heterocycles. The molecule has 0 aromatic rings. The molecule has 0 aliphatic heterocycles. The summed E-state index contributed by atoms with van der Waals surface area (Å²) in [5, 5.41) is 0. The molecule has 0 amide bonds. The van der Waals surface area contributed by atoms with E-state index >= 15 is 0 Å². The lowest BCUT2D eigenvalue weighted by Gasteiger charge is -2.19. The maximum absolute atomic E-state index is 3.76. The third-order valence-corrected chi connectivity index (χ3v) is 2.99. The minimum absolute atomic E-state index is 0.810. The number of hydrogen-bond donors (Lipinski definition) is 0. The maximum Gasteiger partial charge on any atom is -0.0316 e. The first-order chi connectivity index (χ1) is 6.15. The van der Waals surface area contributed by atoms with Crippen molar-refractivity contribution in [3.8, 4) is 0 Å². The molecule has 1 unspecified atom stereocenters. The standard InChI is InChI=1S/C13H24/c1-6-11(4)9-10-12(5)13(7-2)8-3/h6,9,12-13H,1,7-8,10H2,2-5H3. The average molecular weight is 180 g/mol. The fraction of sp³-hybridized carbons (Fsp3) is 0.692. The second-order valence-electron chi connectivity index (χ2n) is 3.94. The predicted octanol–water partition coefficient (Wildman–Crippen LogP) is 4.58. The first-order valence-corrected chi connectivity index (χ1v) is 5.44. The van der Waals surface area contributed by atoms with Crippen LogP contribution in [-0.2, 0) is 0 Å². The molecule has 0 bridgehead atoms. The van der Waals surface area contributed by atoms with Crippen molar-refractivity contribution in [2.45, 2.75) is 47.0 Å². The van der Waals surface area contributed by atoms with Crippen molar-refractivity contribution < 1.29 is 0 Å². The van der Waals surface area contributed by atoms with E-state index in [1.165, 1.54) is 24.8 Å². The first kappa shape index (κ1) is 12.5. The van der Waals surface area contributed by atoms with Crippen molar-refractivity contribution >= 4 is 0 Å². The normalized spacial score (nSPS) is 14.7. The van der Waals surface area contributed by atoms with Gasteiger partial charge in [0.1, 0.15) is 0 Å². The second-order valence-corrected chi connectivity index (χ2v) is 3.94. The summed E-state index contributed by atoms with van der Waals surface area (Å²) in [6.07, 6.45) is 8.04. The summed E-state index contributed by atoms with van der Waals surface area (Å²) < 4.78 is 0. The van der Waals surface area contributed by atoms with Crippen LogP contribution in [0.1, 0.15) is 47.0 Å². The van der Waals surface area contributed by atoms with Crippen molar-refractivity contribution in [2.24, 2.45) is 11.8 Å². The molecule has 1 atom stereocenters. The van der Waals surface area contributed by atoms with Gasteiger partial charge in [0.2, 0.25) is 0 Å². The summed E-state index contributed by atoms with van der Waals surface area (Å²) in [6, 6.07) is 0. The molecule has 0 N–H and O–H groups in total. The van der Waals surface area contributed by atoms with E-state index in [-0.39, 0.29) is 0 Å². The smallest absolute Gasteiger partial charge is 0.0316 e. The summed E-state index contributed by atoms with van der Waals surface area (Å²) in [6.45, 7) is 12.8. The average Bonchev–Trinajstić information content (AvgIpc) is 2.16. The molecule has 0 saturated carbocycles. The Kier molecular flexibility index (Phi) is 6.66. The van der Waals surface area contributed by atoms with Gasteiger partial charge in [-0.2, -0.15) is 0 Å². The lowest BCUT2D eigenvalue weighted by atomic mass is 9.86. The van der Waals surface area contributed by atoms with Crippen molar-refractivity contribution in [1.29, 1.82) is 0 Å². The Morgan fingerprint density at radius 2 is 1.85 bits per heavy atom. The van der Waals surface area contributed by atoms with Gasteiger partial charge < -0.3 is 0 Å². The van der Waals surface area contributed by atoms with Gasteiger partial charge in [-0.25, -0.2) is 0 Å². The molecular formula is C13H24. The first-order valence-electron chi connectivity index (χ1n) is 5.44. The highest BCUT2D eigenvalue weighted by Crippen LogP contribution is 2.22. The van der Waals surface area contributed by atoms with Crippen LogP contribution in [-0.4, -0.2) is 0 Å². The molecule has 0 spiro atoms. The van der Waals surface area contributed by atoms with Gasteiger partial charge in [-0.3, -0.25) is 0 Å². The molecule has 0 heterocycles. The maximum atomic E-state index is 3.76. The monoisotopic (exact) mass is 180 g/mol. The van der Waals surface area contributed by atoms with Crippen LogP contribution < -0.4 is 0 Å². The van der Waals surface area contributed by atoms with E-state index in [0.29, 0.717) is 0 Å². The van der Waals surface area contributed by atoms with Gasteiger partial charge in [0.15, 0.2) is 0 Å². The molecule has 0 fully saturated rings. The topological polar surface area (TPSA) is 0 Å². The highest BCUT2D eigenvalue weighted by molar-refractivity contribution is 5.12. The van der Waals surface area contributed by atoms with Crippen LogP contribution in [0, 0.1) is 11.8 Å². The van der Waals surface area contributed by atoms with E-state index < -0.39 is 0 Å². The third-order valence-electron chi connectivity index (χ3n) is 2.99. The summed E-state index contributed by atoms with van der Waals surface area (Å²) in [7, 11) is 0.